The van der Waals surface area contributed by atoms with Gasteiger partial charge in [-0.1, -0.05) is 121 Å². The Bertz CT molecular complexity index is 3040. The molecular formula is C82H136N14O8. The molecule has 0 atom stereocenters. The maximum absolute atomic E-state index is 12.4. The Labute approximate surface area is 625 Å². The van der Waals surface area contributed by atoms with Gasteiger partial charge in [0, 0.05) is 58.9 Å². The highest BCUT2D eigenvalue weighted by Crippen LogP contribution is 2.38. The van der Waals surface area contributed by atoms with Gasteiger partial charge in [-0.2, -0.15) is 0 Å². The summed E-state index contributed by atoms with van der Waals surface area (Å²) in [5, 5.41) is 13.9. The smallest absolute Gasteiger partial charge is 0.407 e. The second kappa shape index (κ2) is 44.2. The average molecular weight is 1450 g/mol. The number of alkyl carbamates (subject to hydrolysis) is 3. The van der Waals surface area contributed by atoms with Crippen LogP contribution in [-0.4, -0.2) is 217 Å². The third-order valence-corrected chi connectivity index (χ3v) is 20.2. The summed E-state index contributed by atoms with van der Waals surface area (Å²) in [6, 6.07) is 42.1. The summed E-state index contributed by atoms with van der Waals surface area (Å²) in [5.41, 5.74) is 29.1. The molecule has 0 radical (unpaired) electrons. The first-order valence-electron chi connectivity index (χ1n) is 38.4. The van der Waals surface area contributed by atoms with E-state index in [0.717, 1.165) is 103 Å². The van der Waals surface area contributed by atoms with Crippen molar-refractivity contribution >= 4 is 30.3 Å². The van der Waals surface area contributed by atoms with Crippen molar-refractivity contribution in [1.82, 2.24) is 51.1 Å². The number of carbonyl (C=O) groups excluding carboxylic acids is 5. The number of amides is 7. The first-order valence-corrected chi connectivity index (χ1v) is 38.4. The number of urea groups is 2. The van der Waals surface area contributed by atoms with Crippen LogP contribution in [0.1, 0.15) is 155 Å². The van der Waals surface area contributed by atoms with Crippen molar-refractivity contribution < 1.29 is 38.2 Å². The first kappa shape index (κ1) is 87.6. The van der Waals surface area contributed by atoms with Gasteiger partial charge in [0.25, 0.3) is 0 Å². The molecular weight excluding hydrogens is 1310 g/mol. The third kappa shape index (κ3) is 34.5. The second-order valence-corrected chi connectivity index (χ2v) is 32.7. The molecule has 8 rings (SSSR count). The van der Waals surface area contributed by atoms with Crippen LogP contribution in [-0.2, 0) is 39.9 Å². The van der Waals surface area contributed by atoms with Crippen molar-refractivity contribution in [2.45, 2.75) is 175 Å². The van der Waals surface area contributed by atoms with Crippen LogP contribution in [0.2, 0.25) is 0 Å². The Balaban J connectivity index is 0.000000251. The van der Waals surface area contributed by atoms with E-state index in [1.807, 2.05) is 96.4 Å². The normalized spacial score (nSPS) is 17.2. The number of benzene rings is 4. The maximum Gasteiger partial charge on any atom is 0.407 e. The van der Waals surface area contributed by atoms with E-state index in [4.69, 9.17) is 37.1 Å². The highest BCUT2D eigenvalue weighted by atomic mass is 16.6. The number of nitrogens with one attached hydrogen (secondary N) is 5. The zero-order valence-electron chi connectivity index (χ0n) is 65.6. The molecule has 0 spiro atoms. The van der Waals surface area contributed by atoms with Crippen LogP contribution in [0.25, 0.3) is 0 Å². The van der Waals surface area contributed by atoms with E-state index in [1.165, 1.54) is 67.7 Å². The lowest BCUT2D eigenvalue weighted by atomic mass is 9.74. The zero-order valence-corrected chi connectivity index (χ0v) is 65.6. The first-order chi connectivity index (χ1) is 49.4. The quantitative estimate of drug-likeness (QED) is 0.0198. The molecule has 0 aromatic heterocycles. The van der Waals surface area contributed by atoms with Gasteiger partial charge in [-0.3, -0.25) is 0 Å². The molecule has 4 saturated heterocycles. The summed E-state index contributed by atoms with van der Waals surface area (Å²) < 4.78 is 15.6. The van der Waals surface area contributed by atoms with Crippen molar-refractivity contribution in [2.75, 3.05) is 145 Å². The van der Waals surface area contributed by atoms with Crippen molar-refractivity contribution in [2.24, 2.45) is 44.6 Å². The number of piperidine rings is 4. The van der Waals surface area contributed by atoms with Gasteiger partial charge in [0.1, 0.15) is 16.8 Å². The summed E-state index contributed by atoms with van der Waals surface area (Å²) >= 11 is 0. The number of hydrogen-bond donors (Lipinski definition) is 9. The molecule has 4 aromatic carbocycles. The summed E-state index contributed by atoms with van der Waals surface area (Å²) in [7, 11) is 4.30. The van der Waals surface area contributed by atoms with Crippen LogP contribution in [0.4, 0.5) is 24.0 Å². The van der Waals surface area contributed by atoms with E-state index in [9.17, 15) is 24.0 Å². The Morgan fingerprint density at radius 3 is 0.904 bits per heavy atom. The summed E-state index contributed by atoms with van der Waals surface area (Å²) in [4.78, 5) is 70.7. The minimum atomic E-state index is -0.531. The predicted octanol–water partition coefficient (Wildman–Crippen LogP) is 10.8. The highest BCUT2D eigenvalue weighted by Gasteiger charge is 2.38. The van der Waals surface area contributed by atoms with E-state index < -0.39 is 29.0 Å². The summed E-state index contributed by atoms with van der Waals surface area (Å²) in [6.45, 7) is 32.4. The monoisotopic (exact) mass is 1450 g/mol. The lowest BCUT2D eigenvalue weighted by Gasteiger charge is -2.41. The van der Waals surface area contributed by atoms with E-state index in [0.29, 0.717) is 83.8 Å². The predicted molar refractivity (Wildman–Crippen MR) is 421 cm³/mol. The van der Waals surface area contributed by atoms with Crippen LogP contribution in [0.15, 0.2) is 121 Å². The minimum Gasteiger partial charge on any atom is -0.444 e. The molecule has 4 fully saturated rings. The lowest BCUT2D eigenvalue weighted by Crippen LogP contribution is -2.51. The Morgan fingerprint density at radius 1 is 0.365 bits per heavy atom. The summed E-state index contributed by atoms with van der Waals surface area (Å²) in [6.07, 6.45) is 14.1. The number of hydrogen-bond acceptors (Lipinski definition) is 15. The Kier molecular flexibility index (Phi) is 37.2. The van der Waals surface area contributed by atoms with E-state index >= 15 is 0 Å². The molecule has 22 nitrogen and oxygen atoms in total. The minimum absolute atomic E-state index is 0.0485. The molecule has 22 heteroatoms. The molecule has 0 bridgehead atoms. The molecule has 0 aliphatic carbocycles. The highest BCUT2D eigenvalue weighted by molar-refractivity contribution is 5.75. The van der Waals surface area contributed by atoms with Gasteiger partial charge in [-0.25, -0.2) is 24.0 Å². The van der Waals surface area contributed by atoms with Crippen molar-refractivity contribution in [3.05, 3.63) is 144 Å². The van der Waals surface area contributed by atoms with Crippen LogP contribution in [0, 0.1) is 21.7 Å². The van der Waals surface area contributed by atoms with E-state index in [1.54, 1.807) is 0 Å². The molecule has 0 unspecified atom stereocenters. The fraction of sp³-hybridized carbons (Fsp3) is 0.646. The SMILES string of the molecule is CC(C)(C)OC(=O)NCCCN1CCC(CN)(Cc2ccccc2)CC1.CC(C)(C)OC(=O)NCCCNC(=O)N1CCC(CN)(Cc2ccccc2)CC1.CC(C)(C)OC(=O)NCCNC(=O)N1CCC(CN)(Cc2ccccc2)CC1.CN(C)CCCN1CCC(CN)(Cc2ccccc2)CC1. The van der Waals surface area contributed by atoms with Gasteiger partial charge in [0.15, 0.2) is 0 Å². The molecule has 13 N–H and O–H groups in total. The van der Waals surface area contributed by atoms with E-state index in [2.05, 4.69) is 152 Å². The Hall–Kier alpha value is -7.05. The number of ether oxygens (including phenoxy) is 3. The van der Waals surface area contributed by atoms with Gasteiger partial charge in [0.05, 0.1) is 0 Å². The van der Waals surface area contributed by atoms with Gasteiger partial charge in [0.2, 0.25) is 0 Å². The van der Waals surface area contributed by atoms with Crippen LogP contribution >= 0.6 is 0 Å². The van der Waals surface area contributed by atoms with Gasteiger partial charge in [-0.05, 0) is 289 Å². The maximum atomic E-state index is 12.4. The van der Waals surface area contributed by atoms with E-state index in [-0.39, 0.29) is 34.4 Å². The molecule has 4 aromatic rings. The number of likely N-dealkylation sites (tertiary alicyclic amines) is 4. The number of nitrogens with zero attached hydrogens (tertiary/aromatic N) is 5. The summed E-state index contributed by atoms with van der Waals surface area (Å²) in [5.74, 6) is 0. The van der Waals surface area contributed by atoms with Crippen molar-refractivity contribution in [3.63, 3.8) is 0 Å². The van der Waals surface area contributed by atoms with Gasteiger partial charge < -0.3 is 88.2 Å². The Morgan fingerprint density at radius 2 is 0.615 bits per heavy atom. The number of carbonyl (C=O) groups is 5. The van der Waals surface area contributed by atoms with Crippen molar-refractivity contribution in [3.8, 4) is 0 Å². The zero-order chi connectivity index (χ0) is 76.1. The van der Waals surface area contributed by atoms with Crippen molar-refractivity contribution in [1.29, 1.82) is 0 Å². The largest absolute Gasteiger partial charge is 0.444 e. The fourth-order valence-electron chi connectivity index (χ4n) is 13.9. The third-order valence-electron chi connectivity index (χ3n) is 20.2. The lowest BCUT2D eigenvalue weighted by molar-refractivity contribution is 0.0513. The molecule has 4 aliphatic rings. The van der Waals surface area contributed by atoms with Crippen LogP contribution < -0.4 is 49.5 Å². The van der Waals surface area contributed by atoms with Crippen LogP contribution in [0.5, 0.6) is 0 Å². The number of nitrogens with two attached hydrogens (primary N) is 4. The topological polar surface area (TPSA) is 293 Å². The molecule has 0 saturated carbocycles. The molecule has 4 aliphatic heterocycles. The molecule has 104 heavy (non-hydrogen) atoms. The standard InChI is InChI=1S/C22H36N4O3.C21H34N4O3.C21H35N3O2.C18H31N3/c1-21(2,3)29-20(28)25-13-7-12-24-19(27)26-14-10-22(17-23,11-15-26)16-18-8-5-4-6-9-18;1-20(2,3)28-19(27)24-12-11-23-18(26)25-13-9-21(16-22,10-14-25)15-17-7-5-4-6-8-17;1-20(2,3)26-19(25)23-12-7-13-24-14-10-21(17-22,11-15-24)16-18-8-5-4-6-9-18;1-20(2)11-6-12-21-13-9-18(16-19,10-14-21)15-17-7-4-3-5-8-17/h4-6,8-9H,7,10-17,23H2,1-3H3,(H,24,27)(H,25,28);4-8H,9-16,22H2,1-3H3,(H,23,26)(H,24,27);4-6,8-9H,7,10-17,22H2,1-3H3,(H,23,25);3-5,7-8H,6,9-16,19H2,1-2H3. The number of rotatable bonds is 27. The van der Waals surface area contributed by atoms with Gasteiger partial charge in [-0.15, -0.1) is 0 Å². The molecule has 7 amide bonds. The fourth-order valence-corrected chi connectivity index (χ4v) is 13.9. The van der Waals surface area contributed by atoms with Gasteiger partial charge >= 0.3 is 30.3 Å². The van der Waals surface area contributed by atoms with Crippen LogP contribution in [0.3, 0.4) is 0 Å². The molecule has 4 heterocycles. The average Bonchev–Trinajstić information content (AvgIpc) is 0.841. The molecule has 582 valence electrons. The second-order valence-electron chi connectivity index (χ2n) is 32.7.